The zero-order valence-electron chi connectivity index (χ0n) is 12.2. The van der Waals surface area contributed by atoms with Crippen LogP contribution in [0, 0.1) is 13.8 Å². The zero-order chi connectivity index (χ0) is 14.5. The Hall–Kier alpha value is -1.02. The minimum absolute atomic E-state index is 0. The van der Waals surface area contributed by atoms with E-state index in [9.17, 15) is 4.79 Å². The average Bonchev–Trinajstić information content (AvgIpc) is 2.96. The predicted molar refractivity (Wildman–Crippen MR) is 91.7 cm³/mol. The summed E-state index contributed by atoms with van der Waals surface area (Å²) in [4.78, 5) is 21.7. The number of aryl methyl sites for hydroxylation is 2. The summed E-state index contributed by atoms with van der Waals surface area (Å²) in [7, 11) is 1.88. The van der Waals surface area contributed by atoms with Gasteiger partial charge < -0.3 is 10.6 Å². The van der Waals surface area contributed by atoms with E-state index in [1.165, 1.54) is 11.3 Å². The van der Waals surface area contributed by atoms with Crippen LogP contribution in [-0.4, -0.2) is 29.5 Å². The highest BCUT2D eigenvalue weighted by atomic mass is 35.5. The lowest BCUT2D eigenvalue weighted by Gasteiger charge is -2.01. The molecule has 0 aromatic carbocycles. The van der Waals surface area contributed by atoms with E-state index in [0.717, 1.165) is 34.2 Å². The number of carbonyl (C=O) groups is 1. The molecule has 2 heterocycles. The van der Waals surface area contributed by atoms with Gasteiger partial charge in [-0.2, -0.15) is 0 Å². The van der Waals surface area contributed by atoms with E-state index in [4.69, 9.17) is 0 Å². The Morgan fingerprint density at radius 3 is 2.71 bits per heavy atom. The summed E-state index contributed by atoms with van der Waals surface area (Å²) >= 11 is 3.08. The van der Waals surface area contributed by atoms with Crippen molar-refractivity contribution in [2.45, 2.75) is 26.7 Å². The van der Waals surface area contributed by atoms with Gasteiger partial charge in [-0.15, -0.1) is 35.1 Å². The highest BCUT2D eigenvalue weighted by molar-refractivity contribution is 7.16. The largest absolute Gasteiger partial charge is 0.320 e. The van der Waals surface area contributed by atoms with E-state index >= 15 is 0 Å². The van der Waals surface area contributed by atoms with E-state index in [2.05, 4.69) is 20.6 Å². The molecule has 1 amide bonds. The van der Waals surface area contributed by atoms with Gasteiger partial charge in [0.05, 0.1) is 21.3 Å². The van der Waals surface area contributed by atoms with Crippen LogP contribution in [0.25, 0.3) is 10.6 Å². The first-order valence-corrected chi connectivity index (χ1v) is 8.14. The second-order valence-electron chi connectivity index (χ2n) is 4.44. The van der Waals surface area contributed by atoms with Crippen molar-refractivity contribution in [3.8, 4) is 10.6 Å². The SMILES string of the molecule is CNCCCC(=O)Nc1nc(-c2sc(C)nc2C)cs1.Cl. The van der Waals surface area contributed by atoms with E-state index in [1.54, 1.807) is 11.3 Å². The quantitative estimate of drug-likeness (QED) is 0.788. The van der Waals surface area contributed by atoms with Gasteiger partial charge in [0.2, 0.25) is 5.91 Å². The normalized spacial score (nSPS) is 10.2. The van der Waals surface area contributed by atoms with E-state index < -0.39 is 0 Å². The first-order chi connectivity index (χ1) is 9.60. The molecule has 0 aliphatic heterocycles. The molecule has 5 nitrogen and oxygen atoms in total. The number of thiazole rings is 2. The minimum Gasteiger partial charge on any atom is -0.320 e. The van der Waals surface area contributed by atoms with Crippen molar-refractivity contribution >= 4 is 46.1 Å². The number of halogens is 1. The van der Waals surface area contributed by atoms with Gasteiger partial charge in [0.25, 0.3) is 0 Å². The fourth-order valence-electron chi connectivity index (χ4n) is 1.81. The lowest BCUT2D eigenvalue weighted by atomic mass is 10.3. The minimum atomic E-state index is 0. The van der Waals surface area contributed by atoms with Gasteiger partial charge in [-0.3, -0.25) is 4.79 Å². The predicted octanol–water partition coefficient (Wildman–Crippen LogP) is 3.24. The summed E-state index contributed by atoms with van der Waals surface area (Å²) in [5, 5.41) is 9.51. The molecule has 0 radical (unpaired) electrons. The Balaban J connectivity index is 0.00000220. The Morgan fingerprint density at radius 2 is 2.10 bits per heavy atom. The van der Waals surface area contributed by atoms with Crippen LogP contribution < -0.4 is 10.6 Å². The molecule has 0 unspecified atom stereocenters. The van der Waals surface area contributed by atoms with Crippen LogP contribution in [-0.2, 0) is 4.79 Å². The molecule has 8 heteroatoms. The molecule has 0 bridgehead atoms. The van der Waals surface area contributed by atoms with Crippen LogP contribution in [0.2, 0.25) is 0 Å². The van der Waals surface area contributed by atoms with Gasteiger partial charge in [0.1, 0.15) is 0 Å². The topological polar surface area (TPSA) is 66.9 Å². The molecule has 0 spiro atoms. The van der Waals surface area contributed by atoms with E-state index in [1.807, 2.05) is 26.3 Å². The monoisotopic (exact) mass is 346 g/mol. The van der Waals surface area contributed by atoms with Crippen molar-refractivity contribution in [1.29, 1.82) is 0 Å². The smallest absolute Gasteiger partial charge is 0.226 e. The molecule has 0 atom stereocenters. The van der Waals surface area contributed by atoms with Crippen molar-refractivity contribution in [1.82, 2.24) is 15.3 Å². The number of amides is 1. The fraction of sp³-hybridized carbons (Fsp3) is 0.462. The Morgan fingerprint density at radius 1 is 1.33 bits per heavy atom. The maximum absolute atomic E-state index is 11.7. The molecule has 0 fully saturated rings. The van der Waals surface area contributed by atoms with Gasteiger partial charge in [0.15, 0.2) is 5.13 Å². The highest BCUT2D eigenvalue weighted by Crippen LogP contribution is 2.31. The Bertz CT molecular complexity index is 597. The molecule has 0 aliphatic carbocycles. The van der Waals surface area contributed by atoms with Crippen LogP contribution in [0.5, 0.6) is 0 Å². The number of hydrogen-bond acceptors (Lipinski definition) is 6. The van der Waals surface area contributed by atoms with Gasteiger partial charge in [-0.05, 0) is 33.9 Å². The van der Waals surface area contributed by atoms with Crippen LogP contribution in [0.3, 0.4) is 0 Å². The number of carbonyl (C=O) groups excluding carboxylic acids is 1. The van der Waals surface area contributed by atoms with Crippen LogP contribution >= 0.6 is 35.1 Å². The Kier molecular flexibility index (Phi) is 7.24. The summed E-state index contributed by atoms with van der Waals surface area (Å²) in [6.07, 6.45) is 1.34. The third kappa shape index (κ3) is 5.03. The summed E-state index contributed by atoms with van der Waals surface area (Å²) in [5.74, 6) is 0.0124. The van der Waals surface area contributed by atoms with Crippen LogP contribution in [0.4, 0.5) is 5.13 Å². The maximum Gasteiger partial charge on any atom is 0.226 e. The van der Waals surface area contributed by atoms with E-state index in [-0.39, 0.29) is 18.3 Å². The molecule has 2 aromatic heterocycles. The van der Waals surface area contributed by atoms with Gasteiger partial charge in [-0.1, -0.05) is 0 Å². The molecular formula is C13H19ClN4OS2. The average molecular weight is 347 g/mol. The molecule has 2 N–H and O–H groups in total. The van der Waals surface area contributed by atoms with Crippen molar-refractivity contribution in [2.24, 2.45) is 0 Å². The number of nitrogens with zero attached hydrogens (tertiary/aromatic N) is 2. The second-order valence-corrected chi connectivity index (χ2v) is 6.50. The van der Waals surface area contributed by atoms with Crippen molar-refractivity contribution in [3.05, 3.63) is 16.1 Å². The molecular weight excluding hydrogens is 328 g/mol. The number of nitrogens with one attached hydrogen (secondary N) is 2. The third-order valence-electron chi connectivity index (χ3n) is 2.72. The second kappa shape index (κ2) is 8.43. The number of aromatic nitrogens is 2. The van der Waals surface area contributed by atoms with Crippen molar-refractivity contribution in [2.75, 3.05) is 18.9 Å². The fourth-order valence-corrected chi connectivity index (χ4v) is 3.48. The van der Waals surface area contributed by atoms with Crippen LogP contribution in [0.1, 0.15) is 23.5 Å². The first kappa shape index (κ1) is 18.0. The lowest BCUT2D eigenvalue weighted by Crippen LogP contribution is -2.15. The van der Waals surface area contributed by atoms with E-state index in [0.29, 0.717) is 11.6 Å². The molecule has 21 heavy (non-hydrogen) atoms. The molecule has 2 rings (SSSR count). The summed E-state index contributed by atoms with van der Waals surface area (Å²) in [6, 6.07) is 0. The maximum atomic E-state index is 11.7. The standard InChI is InChI=1S/C13H18N4OS2.ClH/c1-8-12(20-9(2)15-8)10-7-19-13(16-10)17-11(18)5-4-6-14-3;/h7,14H,4-6H2,1-3H3,(H,16,17,18);1H. The molecule has 116 valence electrons. The molecule has 0 aliphatic rings. The summed E-state index contributed by atoms with van der Waals surface area (Å²) < 4.78 is 0. The zero-order valence-corrected chi connectivity index (χ0v) is 14.7. The Labute approximate surface area is 138 Å². The molecule has 0 saturated carbocycles. The highest BCUT2D eigenvalue weighted by Gasteiger charge is 2.12. The van der Waals surface area contributed by atoms with Gasteiger partial charge >= 0.3 is 0 Å². The van der Waals surface area contributed by atoms with Crippen molar-refractivity contribution < 1.29 is 4.79 Å². The summed E-state index contributed by atoms with van der Waals surface area (Å²) in [5.41, 5.74) is 1.88. The lowest BCUT2D eigenvalue weighted by molar-refractivity contribution is -0.116. The molecule has 2 aromatic rings. The number of hydrogen-bond donors (Lipinski definition) is 2. The molecule has 0 saturated heterocycles. The van der Waals surface area contributed by atoms with Crippen molar-refractivity contribution in [3.63, 3.8) is 0 Å². The first-order valence-electron chi connectivity index (χ1n) is 6.44. The van der Waals surface area contributed by atoms with Gasteiger partial charge in [0, 0.05) is 11.8 Å². The third-order valence-corrected chi connectivity index (χ3v) is 4.57. The summed E-state index contributed by atoms with van der Waals surface area (Å²) in [6.45, 7) is 4.81. The van der Waals surface area contributed by atoms with Crippen LogP contribution in [0.15, 0.2) is 5.38 Å². The number of rotatable bonds is 6. The van der Waals surface area contributed by atoms with Gasteiger partial charge in [-0.25, -0.2) is 9.97 Å². The number of anilines is 1.